The Bertz CT molecular complexity index is 855. The molecule has 0 aliphatic heterocycles. The van der Waals surface area contributed by atoms with E-state index < -0.39 is 0 Å². The van der Waals surface area contributed by atoms with E-state index in [0.717, 1.165) is 23.7 Å². The summed E-state index contributed by atoms with van der Waals surface area (Å²) in [7, 11) is 1.73. The van der Waals surface area contributed by atoms with Crippen LogP contribution < -0.4 is 9.64 Å². The van der Waals surface area contributed by atoms with Crippen LogP contribution in [0.2, 0.25) is 0 Å². The second-order valence-electron chi connectivity index (χ2n) is 7.68. The van der Waals surface area contributed by atoms with Crippen LogP contribution >= 0.6 is 0 Å². The van der Waals surface area contributed by atoms with Gasteiger partial charge in [0.1, 0.15) is 5.75 Å². The maximum atomic E-state index is 5.70. The molecule has 4 nitrogen and oxygen atoms in total. The van der Waals surface area contributed by atoms with Crippen molar-refractivity contribution < 1.29 is 4.74 Å². The van der Waals surface area contributed by atoms with Gasteiger partial charge in [-0.2, -0.15) is 0 Å². The fourth-order valence-electron chi connectivity index (χ4n) is 3.43. The minimum atomic E-state index is -0.0983. The number of rotatable bonds is 7. The summed E-state index contributed by atoms with van der Waals surface area (Å²) < 4.78 is 5.70. The van der Waals surface area contributed by atoms with Gasteiger partial charge in [-0.25, -0.2) is 4.98 Å². The topological polar surface area (TPSA) is 41.1 Å². The first-order valence-corrected chi connectivity index (χ1v) is 9.41. The number of nitrogens with one attached hydrogen (secondary N) is 1. The molecule has 3 rings (SSSR count). The molecule has 3 aromatic rings. The van der Waals surface area contributed by atoms with Gasteiger partial charge in [0.15, 0.2) is 0 Å². The molecule has 0 unspecified atom stereocenters. The number of methoxy groups -OCH3 is 1. The summed E-state index contributed by atoms with van der Waals surface area (Å²) in [6.07, 6.45) is 3.60. The molecule has 0 atom stereocenters. The predicted octanol–water partition coefficient (Wildman–Crippen LogP) is 5.16. The van der Waals surface area contributed by atoms with Crippen molar-refractivity contribution in [1.29, 1.82) is 0 Å². The lowest BCUT2D eigenvalue weighted by atomic mass is 9.78. The highest BCUT2D eigenvalue weighted by Crippen LogP contribution is 2.38. The smallest absolute Gasteiger partial charge is 0.142 e. The zero-order valence-electron chi connectivity index (χ0n) is 16.9. The molecule has 0 amide bonds. The highest BCUT2D eigenvalue weighted by atomic mass is 16.5. The first-order chi connectivity index (χ1) is 12.9. The van der Waals surface area contributed by atoms with Gasteiger partial charge in [-0.15, -0.1) is 0 Å². The fourth-order valence-corrected chi connectivity index (χ4v) is 3.43. The third-order valence-electron chi connectivity index (χ3n) is 5.22. The Morgan fingerprint density at radius 1 is 1.07 bits per heavy atom. The second-order valence-corrected chi connectivity index (χ2v) is 7.68. The van der Waals surface area contributed by atoms with Crippen molar-refractivity contribution in [1.82, 2.24) is 9.97 Å². The van der Waals surface area contributed by atoms with E-state index in [4.69, 9.17) is 4.74 Å². The highest BCUT2D eigenvalue weighted by molar-refractivity contribution is 5.62. The summed E-state index contributed by atoms with van der Waals surface area (Å²) in [5, 5.41) is 0. The molecule has 1 aromatic heterocycles. The monoisotopic (exact) mass is 363 g/mol. The Balaban J connectivity index is 2.04. The van der Waals surface area contributed by atoms with Gasteiger partial charge >= 0.3 is 0 Å². The van der Waals surface area contributed by atoms with Crippen LogP contribution in [0.3, 0.4) is 0 Å². The van der Waals surface area contributed by atoms with Gasteiger partial charge in [-0.3, -0.25) is 0 Å². The van der Waals surface area contributed by atoms with Crippen molar-refractivity contribution in [2.75, 3.05) is 12.0 Å². The minimum Gasteiger partial charge on any atom is -0.495 e. The van der Waals surface area contributed by atoms with E-state index in [2.05, 4.69) is 91.1 Å². The van der Waals surface area contributed by atoms with E-state index in [1.165, 1.54) is 11.1 Å². The molecule has 27 heavy (non-hydrogen) atoms. The maximum absolute atomic E-state index is 5.70. The largest absolute Gasteiger partial charge is 0.495 e. The SMILES string of the molecule is COc1ccc(C(C)(C)c2ccccc2)cc1N(Cc1cnc[nH]1)C(C)C. The van der Waals surface area contributed by atoms with E-state index in [1.807, 2.05) is 6.20 Å². The van der Waals surface area contributed by atoms with Crippen LogP contribution in [0.4, 0.5) is 5.69 Å². The summed E-state index contributed by atoms with van der Waals surface area (Å²) in [6.45, 7) is 9.68. The number of H-pyrrole nitrogens is 1. The zero-order valence-corrected chi connectivity index (χ0v) is 16.9. The first-order valence-electron chi connectivity index (χ1n) is 9.41. The van der Waals surface area contributed by atoms with Gasteiger partial charge in [0.05, 0.1) is 31.4 Å². The normalized spacial score (nSPS) is 11.6. The number of hydrogen-bond acceptors (Lipinski definition) is 3. The lowest BCUT2D eigenvalue weighted by Gasteiger charge is -2.33. The van der Waals surface area contributed by atoms with Crippen molar-refractivity contribution in [3.63, 3.8) is 0 Å². The van der Waals surface area contributed by atoms with Crippen LogP contribution in [0.1, 0.15) is 44.5 Å². The second kappa shape index (κ2) is 7.87. The van der Waals surface area contributed by atoms with E-state index >= 15 is 0 Å². The molecule has 2 aromatic carbocycles. The molecule has 0 aliphatic rings. The van der Waals surface area contributed by atoms with Crippen LogP contribution in [-0.4, -0.2) is 23.1 Å². The van der Waals surface area contributed by atoms with Gasteiger partial charge < -0.3 is 14.6 Å². The number of anilines is 1. The molecule has 142 valence electrons. The first kappa shape index (κ1) is 19.0. The van der Waals surface area contributed by atoms with E-state index in [-0.39, 0.29) is 5.41 Å². The summed E-state index contributed by atoms with van der Waals surface area (Å²) in [5.74, 6) is 0.885. The zero-order chi connectivity index (χ0) is 19.4. The summed E-state index contributed by atoms with van der Waals surface area (Å²) >= 11 is 0. The maximum Gasteiger partial charge on any atom is 0.142 e. The average Bonchev–Trinajstić information content (AvgIpc) is 3.19. The Labute approximate surface area is 162 Å². The standard InChI is InChI=1S/C23H29N3O/c1-17(2)26(15-20-14-24-16-25-20)21-13-19(11-12-22(21)27-5)23(3,4)18-9-7-6-8-10-18/h6-14,16-17H,15H2,1-5H3,(H,24,25). The minimum absolute atomic E-state index is 0.0983. The number of aromatic nitrogens is 2. The molecule has 1 heterocycles. The van der Waals surface area contributed by atoms with Gasteiger partial charge in [-0.05, 0) is 37.1 Å². The summed E-state index contributed by atoms with van der Waals surface area (Å²) in [4.78, 5) is 9.70. The van der Waals surface area contributed by atoms with Gasteiger partial charge in [0.25, 0.3) is 0 Å². The summed E-state index contributed by atoms with van der Waals surface area (Å²) in [5.41, 5.74) is 4.64. The van der Waals surface area contributed by atoms with Crippen molar-refractivity contribution in [2.24, 2.45) is 0 Å². The van der Waals surface area contributed by atoms with Crippen molar-refractivity contribution >= 4 is 5.69 Å². The molecule has 1 N–H and O–H groups in total. The lowest BCUT2D eigenvalue weighted by molar-refractivity contribution is 0.412. The Hall–Kier alpha value is -2.75. The molecular weight excluding hydrogens is 334 g/mol. The molecule has 0 fully saturated rings. The Morgan fingerprint density at radius 3 is 2.41 bits per heavy atom. The van der Waals surface area contributed by atoms with Gasteiger partial charge in [0, 0.05) is 17.7 Å². The van der Waals surface area contributed by atoms with Crippen LogP contribution in [-0.2, 0) is 12.0 Å². The van der Waals surface area contributed by atoms with Crippen LogP contribution in [0, 0.1) is 0 Å². The third-order valence-corrected chi connectivity index (χ3v) is 5.22. The Kier molecular flexibility index (Phi) is 5.54. The molecule has 0 spiro atoms. The number of hydrogen-bond donors (Lipinski definition) is 1. The molecular formula is C23H29N3O. The molecule has 4 heteroatoms. The fraction of sp³-hybridized carbons (Fsp3) is 0.348. The van der Waals surface area contributed by atoms with E-state index in [1.54, 1.807) is 13.4 Å². The molecule has 0 bridgehead atoms. The third kappa shape index (κ3) is 4.00. The highest BCUT2D eigenvalue weighted by Gasteiger charge is 2.26. The molecule has 0 saturated carbocycles. The number of nitrogens with zero attached hydrogens (tertiary/aromatic N) is 2. The number of benzene rings is 2. The number of aromatic amines is 1. The van der Waals surface area contributed by atoms with Gasteiger partial charge in [0.2, 0.25) is 0 Å². The van der Waals surface area contributed by atoms with E-state index in [9.17, 15) is 0 Å². The predicted molar refractivity (Wildman–Crippen MR) is 111 cm³/mol. The molecule has 0 aliphatic carbocycles. The Morgan fingerprint density at radius 2 is 1.81 bits per heavy atom. The number of ether oxygens (including phenoxy) is 1. The van der Waals surface area contributed by atoms with Crippen LogP contribution in [0.15, 0.2) is 61.1 Å². The quantitative estimate of drug-likeness (QED) is 0.630. The van der Waals surface area contributed by atoms with Crippen molar-refractivity contribution in [2.45, 2.75) is 45.7 Å². The average molecular weight is 364 g/mol. The van der Waals surface area contributed by atoms with Crippen molar-refractivity contribution in [3.8, 4) is 5.75 Å². The van der Waals surface area contributed by atoms with Crippen LogP contribution in [0.25, 0.3) is 0 Å². The van der Waals surface area contributed by atoms with Crippen molar-refractivity contribution in [3.05, 3.63) is 77.9 Å². The molecule has 0 radical (unpaired) electrons. The van der Waals surface area contributed by atoms with Gasteiger partial charge in [-0.1, -0.05) is 50.2 Å². The van der Waals surface area contributed by atoms with E-state index in [0.29, 0.717) is 6.04 Å². The number of imidazole rings is 1. The summed E-state index contributed by atoms with van der Waals surface area (Å²) in [6, 6.07) is 17.5. The van der Waals surface area contributed by atoms with Crippen LogP contribution in [0.5, 0.6) is 5.75 Å². The lowest BCUT2D eigenvalue weighted by Crippen LogP contribution is -2.31. The molecule has 0 saturated heterocycles.